The summed E-state index contributed by atoms with van der Waals surface area (Å²) >= 11 is 0. The summed E-state index contributed by atoms with van der Waals surface area (Å²) in [7, 11) is 0. The minimum atomic E-state index is -0.662. The summed E-state index contributed by atoms with van der Waals surface area (Å²) in [6.45, 7) is 4.21. The maximum absolute atomic E-state index is 14.2. The van der Waals surface area contributed by atoms with Crippen molar-refractivity contribution in [1.82, 2.24) is 14.7 Å². The number of hydrogen-bond donors (Lipinski definition) is 2. The minimum Gasteiger partial charge on any atom is -0.369 e. The molecule has 9 heteroatoms. The maximum atomic E-state index is 14.2. The number of anilines is 1. The molecule has 0 aliphatic carbocycles. The first kappa shape index (κ1) is 24.3. The van der Waals surface area contributed by atoms with E-state index in [1.807, 2.05) is 12.1 Å². The molecule has 8 nitrogen and oxygen atoms in total. The largest absolute Gasteiger partial charge is 0.369 e. The Labute approximate surface area is 202 Å². The van der Waals surface area contributed by atoms with Crippen LogP contribution in [0.2, 0.25) is 0 Å². The van der Waals surface area contributed by atoms with Crippen LogP contribution in [0.1, 0.15) is 34.6 Å². The highest BCUT2D eigenvalue weighted by atomic mass is 19.1. The van der Waals surface area contributed by atoms with E-state index in [2.05, 4.69) is 15.3 Å². The van der Waals surface area contributed by atoms with Gasteiger partial charge in [-0.05, 0) is 69.1 Å². The Bertz CT molecular complexity index is 1280. The molecule has 1 saturated heterocycles. The lowest BCUT2D eigenvalue weighted by Gasteiger charge is -2.30. The van der Waals surface area contributed by atoms with E-state index in [9.17, 15) is 18.8 Å². The van der Waals surface area contributed by atoms with Gasteiger partial charge < -0.3 is 16.0 Å². The van der Waals surface area contributed by atoms with Gasteiger partial charge in [-0.1, -0.05) is 24.3 Å². The van der Waals surface area contributed by atoms with Gasteiger partial charge in [-0.2, -0.15) is 5.10 Å². The van der Waals surface area contributed by atoms with Gasteiger partial charge in [0.25, 0.3) is 5.91 Å². The molecule has 2 amide bonds. The Morgan fingerprint density at radius 3 is 2.46 bits per heavy atom. The minimum absolute atomic E-state index is 0.0204. The monoisotopic (exact) mass is 477 g/mol. The molecular weight excluding hydrogens is 449 g/mol. The molecule has 0 bridgehead atoms. The second-order valence-corrected chi connectivity index (χ2v) is 8.78. The Morgan fingerprint density at radius 1 is 1.11 bits per heavy atom. The van der Waals surface area contributed by atoms with Crippen LogP contribution in [0, 0.1) is 18.7 Å². The molecule has 0 atom stereocenters. The van der Waals surface area contributed by atoms with Crippen molar-refractivity contribution in [3.8, 4) is 5.69 Å². The number of nitrogens with one attached hydrogen (secondary N) is 1. The maximum Gasteiger partial charge on any atom is 0.280 e. The normalized spacial score (nSPS) is 14.6. The van der Waals surface area contributed by atoms with Gasteiger partial charge in [0, 0.05) is 29.9 Å². The Kier molecular flexibility index (Phi) is 7.36. The molecular formula is C26H28FN5O3. The molecule has 1 aromatic heterocycles. The summed E-state index contributed by atoms with van der Waals surface area (Å²) in [5.41, 5.74) is 6.74. The number of carbonyl (C=O) groups excluding carboxylic acids is 2. The van der Waals surface area contributed by atoms with Crippen LogP contribution in [0.15, 0.2) is 59.4 Å². The summed E-state index contributed by atoms with van der Waals surface area (Å²) in [6.07, 6.45) is 2.43. The molecule has 182 valence electrons. The molecule has 3 aromatic rings. The fourth-order valence-corrected chi connectivity index (χ4v) is 4.25. The average molecular weight is 478 g/mol. The molecule has 3 N–H and O–H groups in total. The van der Waals surface area contributed by atoms with Crippen molar-refractivity contribution in [3.05, 3.63) is 87.6 Å². The zero-order chi connectivity index (χ0) is 24.9. The summed E-state index contributed by atoms with van der Waals surface area (Å²) in [5.74, 6) is -1.40. The molecule has 4 rings (SSSR count). The number of likely N-dealkylation sites (tertiary alicyclic amines) is 1. The van der Waals surface area contributed by atoms with E-state index in [1.165, 1.54) is 22.9 Å². The summed E-state index contributed by atoms with van der Waals surface area (Å²) in [5, 5.41) is 6.83. The summed E-state index contributed by atoms with van der Waals surface area (Å²) < 4.78 is 15.5. The number of para-hydroxylation sites is 1. The van der Waals surface area contributed by atoms with Crippen LogP contribution in [0.4, 0.5) is 10.1 Å². The van der Waals surface area contributed by atoms with Gasteiger partial charge in [0.2, 0.25) is 11.3 Å². The molecule has 2 aromatic carbocycles. The zero-order valence-corrected chi connectivity index (χ0v) is 19.5. The van der Waals surface area contributed by atoms with Crippen molar-refractivity contribution >= 4 is 17.5 Å². The number of rotatable bonds is 7. The number of primary amides is 1. The number of amides is 2. The van der Waals surface area contributed by atoms with E-state index in [4.69, 9.17) is 5.73 Å². The second kappa shape index (κ2) is 10.6. The fourth-order valence-electron chi connectivity index (χ4n) is 4.25. The lowest BCUT2D eigenvalue weighted by Crippen LogP contribution is -2.39. The number of nitrogens with two attached hydrogens (primary N) is 1. The van der Waals surface area contributed by atoms with Crippen molar-refractivity contribution in [2.75, 3.05) is 25.0 Å². The Hall–Kier alpha value is -3.85. The van der Waals surface area contributed by atoms with Gasteiger partial charge in [0.1, 0.15) is 11.5 Å². The predicted molar refractivity (Wildman–Crippen MR) is 131 cm³/mol. The third-order valence-corrected chi connectivity index (χ3v) is 6.32. The van der Waals surface area contributed by atoms with E-state index < -0.39 is 17.2 Å². The number of halogens is 1. The van der Waals surface area contributed by atoms with Crippen LogP contribution in [-0.2, 0) is 11.2 Å². The number of aromatic nitrogens is 2. The lowest BCUT2D eigenvalue weighted by atomic mass is 9.96. The van der Waals surface area contributed by atoms with Crippen molar-refractivity contribution in [3.63, 3.8) is 0 Å². The molecule has 0 spiro atoms. The van der Waals surface area contributed by atoms with Crippen LogP contribution >= 0.6 is 0 Å². The number of hydrogen-bond acceptors (Lipinski definition) is 5. The highest BCUT2D eigenvalue weighted by Crippen LogP contribution is 2.18. The SMILES string of the molecule is Cc1cc(=O)c(C(=O)Nc2ccc(CCN3CCC(C(N)=O)CC3)cc2)nn1-c1ccccc1F. The molecule has 1 fully saturated rings. The number of carbonyl (C=O) groups is 2. The first-order valence-electron chi connectivity index (χ1n) is 11.6. The molecule has 1 aliphatic heterocycles. The first-order chi connectivity index (χ1) is 16.8. The van der Waals surface area contributed by atoms with Crippen molar-refractivity contribution < 1.29 is 14.0 Å². The average Bonchev–Trinajstić information content (AvgIpc) is 2.84. The van der Waals surface area contributed by atoms with E-state index in [-0.39, 0.29) is 23.2 Å². The molecule has 0 unspecified atom stereocenters. The Morgan fingerprint density at radius 2 is 1.80 bits per heavy atom. The van der Waals surface area contributed by atoms with Crippen molar-refractivity contribution in [2.24, 2.45) is 11.7 Å². The summed E-state index contributed by atoms with van der Waals surface area (Å²) in [6, 6.07) is 14.7. The van der Waals surface area contributed by atoms with Crippen LogP contribution < -0.4 is 16.5 Å². The number of piperidine rings is 1. The second-order valence-electron chi connectivity index (χ2n) is 8.78. The van der Waals surface area contributed by atoms with Crippen LogP contribution in [0.5, 0.6) is 0 Å². The van der Waals surface area contributed by atoms with Gasteiger partial charge in [0.15, 0.2) is 5.69 Å². The van der Waals surface area contributed by atoms with E-state index >= 15 is 0 Å². The van der Waals surface area contributed by atoms with E-state index in [0.29, 0.717) is 11.4 Å². The van der Waals surface area contributed by atoms with Crippen LogP contribution in [0.25, 0.3) is 5.69 Å². The van der Waals surface area contributed by atoms with E-state index in [0.717, 1.165) is 44.5 Å². The van der Waals surface area contributed by atoms with E-state index in [1.54, 1.807) is 31.2 Å². The smallest absolute Gasteiger partial charge is 0.280 e. The Balaban J connectivity index is 1.39. The predicted octanol–water partition coefficient (Wildman–Crippen LogP) is 2.67. The van der Waals surface area contributed by atoms with Crippen molar-refractivity contribution in [1.29, 1.82) is 0 Å². The number of aryl methyl sites for hydroxylation is 1. The molecule has 0 radical (unpaired) electrons. The third-order valence-electron chi connectivity index (χ3n) is 6.32. The van der Waals surface area contributed by atoms with Crippen LogP contribution in [-0.4, -0.2) is 46.1 Å². The van der Waals surface area contributed by atoms with Crippen molar-refractivity contribution in [2.45, 2.75) is 26.2 Å². The van der Waals surface area contributed by atoms with Crippen LogP contribution in [0.3, 0.4) is 0 Å². The quantitative estimate of drug-likeness (QED) is 0.544. The number of nitrogens with zero attached hydrogens (tertiary/aromatic N) is 3. The zero-order valence-electron chi connectivity index (χ0n) is 19.5. The van der Waals surface area contributed by atoms with Gasteiger partial charge in [-0.3, -0.25) is 14.4 Å². The standard InChI is InChI=1S/C26H28FN5O3/c1-17-16-23(33)24(30-32(17)22-5-3-2-4-21(22)27)26(35)29-20-8-6-18(7-9-20)10-13-31-14-11-19(12-15-31)25(28)34/h2-9,16,19H,10-15H2,1H3,(H2,28,34)(H,29,35). The topological polar surface area (TPSA) is 110 Å². The lowest BCUT2D eigenvalue weighted by molar-refractivity contribution is -0.123. The molecule has 0 saturated carbocycles. The highest BCUT2D eigenvalue weighted by Gasteiger charge is 2.22. The van der Waals surface area contributed by atoms with Gasteiger partial charge >= 0.3 is 0 Å². The molecule has 2 heterocycles. The molecule has 35 heavy (non-hydrogen) atoms. The van der Waals surface area contributed by atoms with Gasteiger partial charge in [-0.25, -0.2) is 9.07 Å². The summed E-state index contributed by atoms with van der Waals surface area (Å²) in [4.78, 5) is 38.8. The number of benzene rings is 2. The fraction of sp³-hybridized carbons (Fsp3) is 0.308. The third kappa shape index (κ3) is 5.81. The molecule has 1 aliphatic rings. The van der Waals surface area contributed by atoms with Gasteiger partial charge in [0.05, 0.1) is 0 Å². The first-order valence-corrected chi connectivity index (χ1v) is 11.6. The van der Waals surface area contributed by atoms with Gasteiger partial charge in [-0.15, -0.1) is 0 Å². The highest BCUT2D eigenvalue weighted by molar-refractivity contribution is 6.02.